The fourth-order valence-electron chi connectivity index (χ4n) is 2.83. The lowest BCUT2D eigenvalue weighted by Gasteiger charge is -2.08. The number of fused-ring (bicyclic) bond motifs is 1. The highest BCUT2D eigenvalue weighted by atomic mass is 35.5. The zero-order chi connectivity index (χ0) is 21.8. The first-order valence-corrected chi connectivity index (χ1v) is 11.1. The summed E-state index contributed by atoms with van der Waals surface area (Å²) in [6.45, 7) is 0. The number of imidazole rings is 1. The predicted molar refractivity (Wildman–Crippen MR) is 121 cm³/mol. The molecule has 0 unspecified atom stereocenters. The average molecular weight is 457 g/mol. The summed E-state index contributed by atoms with van der Waals surface area (Å²) in [7, 11) is 3.63. The van der Waals surface area contributed by atoms with Crippen molar-refractivity contribution in [2.24, 2.45) is 13.0 Å². The van der Waals surface area contributed by atoms with Gasteiger partial charge in [-0.15, -0.1) is 0 Å². The zero-order valence-electron chi connectivity index (χ0n) is 17.1. The van der Waals surface area contributed by atoms with Gasteiger partial charge in [0.25, 0.3) is 5.95 Å². The van der Waals surface area contributed by atoms with E-state index in [4.69, 9.17) is 16.6 Å². The number of nitrogens with zero attached hydrogens (tertiary/aromatic N) is 7. The maximum atomic E-state index is 9.57. The Labute approximate surface area is 188 Å². The summed E-state index contributed by atoms with van der Waals surface area (Å²) in [5.41, 5.74) is 2.52. The monoisotopic (exact) mass is 456 g/mol. The van der Waals surface area contributed by atoms with Crippen molar-refractivity contribution in [2.75, 3.05) is 12.4 Å². The van der Waals surface area contributed by atoms with Crippen LogP contribution in [0, 0.1) is 5.92 Å². The quantitative estimate of drug-likeness (QED) is 0.347. The number of aldehydes is 1. The van der Waals surface area contributed by atoms with Crippen molar-refractivity contribution < 1.29 is 4.79 Å². The molecule has 5 rings (SSSR count). The van der Waals surface area contributed by atoms with Crippen molar-refractivity contribution >= 4 is 46.5 Å². The molecule has 0 saturated heterocycles. The van der Waals surface area contributed by atoms with E-state index in [0.29, 0.717) is 22.6 Å². The van der Waals surface area contributed by atoms with E-state index in [1.165, 1.54) is 0 Å². The molecule has 0 radical (unpaired) electrons. The van der Waals surface area contributed by atoms with Gasteiger partial charge in [-0.1, -0.05) is 40.6 Å². The van der Waals surface area contributed by atoms with Crippen LogP contribution in [0.15, 0.2) is 41.6 Å². The highest BCUT2D eigenvalue weighted by Crippen LogP contribution is 2.32. The fraction of sp³-hybridized carbons (Fsp3) is 0.300. The first-order valence-electron chi connectivity index (χ1n) is 9.72. The summed E-state index contributed by atoms with van der Waals surface area (Å²) in [5, 5.41) is 16.2. The van der Waals surface area contributed by atoms with Crippen LogP contribution in [-0.2, 0) is 17.6 Å². The molecule has 1 aromatic carbocycles. The van der Waals surface area contributed by atoms with E-state index in [1.807, 2.05) is 48.0 Å². The minimum Gasteiger partial charge on any atom is -0.373 e. The Bertz CT molecular complexity index is 1200. The molecule has 0 amide bonds. The molecule has 3 aromatic heterocycles. The number of rotatable bonds is 6. The van der Waals surface area contributed by atoms with Gasteiger partial charge in [0.15, 0.2) is 5.16 Å². The van der Waals surface area contributed by atoms with Gasteiger partial charge in [-0.25, -0.2) is 14.6 Å². The van der Waals surface area contributed by atoms with Crippen molar-refractivity contribution in [1.29, 1.82) is 0 Å². The van der Waals surface area contributed by atoms with Crippen molar-refractivity contribution in [3.05, 3.63) is 47.1 Å². The number of halogens is 1. The molecule has 9 nitrogen and oxygen atoms in total. The van der Waals surface area contributed by atoms with Gasteiger partial charge in [-0.3, -0.25) is 4.57 Å². The number of anilines is 1. The standard InChI is InChI=1S/C16H15ClN8S.C4H6O/c1-18-13-8-3-5-10(19-13)9-26-16-20-12-7-4-6-11(17)14(12)25(16)15-21-22-23-24(15)2;5-3-4-1-2-4/h3-8H,9H2,1-2H3,(H,18,19);3-4H,1-2H2. The Morgan fingerprint density at radius 3 is 2.68 bits per heavy atom. The van der Waals surface area contributed by atoms with Crippen LogP contribution < -0.4 is 5.32 Å². The molecule has 1 aliphatic carbocycles. The molecule has 1 N–H and O–H groups in total. The molecule has 160 valence electrons. The lowest BCUT2D eigenvalue weighted by Crippen LogP contribution is -2.06. The number of aromatic nitrogens is 7. The molecule has 11 heteroatoms. The van der Waals surface area contributed by atoms with Gasteiger partial charge in [0.2, 0.25) is 0 Å². The Kier molecular flexibility index (Phi) is 6.47. The van der Waals surface area contributed by atoms with Crippen molar-refractivity contribution in [1.82, 2.24) is 34.7 Å². The number of thioether (sulfide) groups is 1. The van der Waals surface area contributed by atoms with Gasteiger partial charge >= 0.3 is 0 Å². The minimum absolute atomic E-state index is 0.454. The Balaban J connectivity index is 0.000000407. The lowest BCUT2D eigenvalue weighted by molar-refractivity contribution is -0.108. The molecule has 1 fully saturated rings. The number of aryl methyl sites for hydroxylation is 1. The van der Waals surface area contributed by atoms with Gasteiger partial charge < -0.3 is 10.1 Å². The summed E-state index contributed by atoms with van der Waals surface area (Å²) in [6.07, 6.45) is 3.31. The third-order valence-corrected chi connectivity index (χ3v) is 5.90. The van der Waals surface area contributed by atoms with Gasteiger partial charge in [0, 0.05) is 25.8 Å². The zero-order valence-corrected chi connectivity index (χ0v) is 18.6. The molecule has 1 saturated carbocycles. The molecule has 0 aliphatic heterocycles. The number of hydrogen-bond donors (Lipinski definition) is 1. The summed E-state index contributed by atoms with van der Waals surface area (Å²) < 4.78 is 3.47. The van der Waals surface area contributed by atoms with Crippen molar-refractivity contribution in [2.45, 2.75) is 23.8 Å². The van der Waals surface area contributed by atoms with E-state index in [0.717, 1.165) is 46.8 Å². The number of hydrogen-bond acceptors (Lipinski definition) is 8. The topological polar surface area (TPSA) is 103 Å². The molecular weight excluding hydrogens is 436 g/mol. The molecule has 1 aliphatic rings. The maximum absolute atomic E-state index is 9.57. The van der Waals surface area contributed by atoms with E-state index in [2.05, 4.69) is 25.8 Å². The number of para-hydroxylation sites is 1. The number of nitrogens with one attached hydrogen (secondary N) is 1. The summed E-state index contributed by atoms with van der Waals surface area (Å²) in [6, 6.07) is 11.5. The first kappa shape index (κ1) is 21.3. The smallest absolute Gasteiger partial charge is 0.256 e. The number of carbonyl (C=O) groups excluding carboxylic acids is 1. The second-order valence-corrected chi connectivity index (χ2v) is 8.32. The molecule has 31 heavy (non-hydrogen) atoms. The number of pyridine rings is 1. The summed E-state index contributed by atoms with van der Waals surface area (Å²) >= 11 is 7.99. The normalized spacial score (nSPS) is 13.0. The predicted octanol–water partition coefficient (Wildman–Crippen LogP) is 3.53. The summed E-state index contributed by atoms with van der Waals surface area (Å²) in [5.74, 6) is 2.49. The second-order valence-electron chi connectivity index (χ2n) is 6.97. The van der Waals surface area contributed by atoms with E-state index in [9.17, 15) is 4.79 Å². The molecule has 0 spiro atoms. The van der Waals surface area contributed by atoms with Crippen LogP contribution in [0.2, 0.25) is 5.02 Å². The summed E-state index contributed by atoms with van der Waals surface area (Å²) in [4.78, 5) is 18.8. The van der Waals surface area contributed by atoms with Gasteiger partial charge in [0.05, 0.1) is 21.7 Å². The van der Waals surface area contributed by atoms with Gasteiger partial charge in [-0.05, 0) is 47.5 Å². The Morgan fingerprint density at radius 1 is 1.23 bits per heavy atom. The van der Waals surface area contributed by atoms with Gasteiger partial charge in [-0.2, -0.15) is 0 Å². The Morgan fingerprint density at radius 2 is 2.03 bits per heavy atom. The number of tetrazole rings is 1. The largest absolute Gasteiger partial charge is 0.373 e. The van der Waals surface area contributed by atoms with Crippen molar-refractivity contribution in [3.8, 4) is 5.95 Å². The van der Waals surface area contributed by atoms with Crippen LogP contribution in [0.25, 0.3) is 17.0 Å². The molecule has 4 aromatic rings. The van der Waals surface area contributed by atoms with Crippen LogP contribution >= 0.6 is 23.4 Å². The minimum atomic E-state index is 0.454. The van der Waals surface area contributed by atoms with E-state index in [1.54, 1.807) is 23.5 Å². The molecular formula is C20H21ClN8OS. The molecule has 0 bridgehead atoms. The average Bonchev–Trinajstić information content (AvgIpc) is 3.43. The fourth-order valence-corrected chi connectivity index (χ4v) is 3.99. The van der Waals surface area contributed by atoms with Crippen LogP contribution in [0.3, 0.4) is 0 Å². The third-order valence-electron chi connectivity index (χ3n) is 4.62. The number of carbonyl (C=O) groups is 1. The van der Waals surface area contributed by atoms with E-state index >= 15 is 0 Å². The van der Waals surface area contributed by atoms with Crippen LogP contribution in [-0.4, -0.2) is 48.1 Å². The maximum Gasteiger partial charge on any atom is 0.256 e. The molecule has 0 atom stereocenters. The van der Waals surface area contributed by atoms with Gasteiger partial charge in [0.1, 0.15) is 12.1 Å². The van der Waals surface area contributed by atoms with E-state index in [-0.39, 0.29) is 0 Å². The Hall–Kier alpha value is -2.98. The highest BCUT2D eigenvalue weighted by molar-refractivity contribution is 7.98. The van der Waals surface area contributed by atoms with Crippen LogP contribution in [0.1, 0.15) is 18.5 Å². The van der Waals surface area contributed by atoms with Crippen molar-refractivity contribution in [3.63, 3.8) is 0 Å². The van der Waals surface area contributed by atoms with E-state index < -0.39 is 0 Å². The highest BCUT2D eigenvalue weighted by Gasteiger charge is 2.20. The van der Waals surface area contributed by atoms with Crippen LogP contribution in [0.5, 0.6) is 0 Å². The SMILES string of the molecule is CNc1cccc(CSc2nc3cccc(Cl)c3n2-c2nnnn2C)n1.O=CC1CC1. The third kappa shape index (κ3) is 4.86. The van der Waals surface area contributed by atoms with Crippen LogP contribution in [0.4, 0.5) is 5.82 Å². The number of benzene rings is 1. The lowest BCUT2D eigenvalue weighted by atomic mass is 10.3. The first-order chi connectivity index (χ1) is 15.1. The second kappa shape index (κ2) is 9.44. The molecule has 3 heterocycles.